The van der Waals surface area contributed by atoms with Gasteiger partial charge in [-0.15, -0.1) is 4.89 Å². The number of para-hydroxylation sites is 1. The van der Waals surface area contributed by atoms with Gasteiger partial charge >= 0.3 is 6.29 Å². The summed E-state index contributed by atoms with van der Waals surface area (Å²) in [5.74, 6) is 5.20. The molecule has 4 aliphatic carbocycles. The molecule has 1 atom stereocenters. The quantitative estimate of drug-likeness (QED) is 0.766. The maximum Gasteiger partial charge on any atom is 0.303 e. The number of allylic oxidation sites excluding steroid dienone is 1. The van der Waals surface area contributed by atoms with Crippen LogP contribution in [0.3, 0.4) is 0 Å². The number of hydrogen-bond donors (Lipinski definition) is 0. The van der Waals surface area contributed by atoms with E-state index in [1.807, 2.05) is 30.3 Å². The third kappa shape index (κ3) is 1.90. The van der Waals surface area contributed by atoms with Crippen molar-refractivity contribution in [3.05, 3.63) is 41.7 Å². The number of hydrogen-bond acceptors (Lipinski definition) is 3. The third-order valence-electron chi connectivity index (χ3n) is 5.73. The molecule has 0 aromatic heterocycles. The first-order valence-corrected chi connectivity index (χ1v) is 8.16. The van der Waals surface area contributed by atoms with E-state index in [0.717, 1.165) is 35.2 Å². The minimum atomic E-state index is -0.333. The van der Waals surface area contributed by atoms with Gasteiger partial charge in [0.1, 0.15) is 5.75 Å². The molecule has 21 heavy (non-hydrogen) atoms. The van der Waals surface area contributed by atoms with Crippen LogP contribution in [0.5, 0.6) is 5.75 Å². The molecule has 110 valence electrons. The van der Waals surface area contributed by atoms with Gasteiger partial charge in [0, 0.05) is 0 Å². The Balaban J connectivity index is 1.42. The molecule has 3 heteroatoms. The average molecular weight is 284 g/mol. The van der Waals surface area contributed by atoms with Crippen LogP contribution in [0.4, 0.5) is 0 Å². The van der Waals surface area contributed by atoms with E-state index in [-0.39, 0.29) is 6.29 Å². The number of benzene rings is 1. The fraction of sp³-hybridized carbons (Fsp3) is 0.556. The molecular weight excluding hydrogens is 264 g/mol. The first-order valence-electron chi connectivity index (χ1n) is 8.16. The normalized spacial score (nSPS) is 39.9. The Bertz CT molecular complexity index is 547. The zero-order valence-electron chi connectivity index (χ0n) is 12.0. The van der Waals surface area contributed by atoms with E-state index in [4.69, 9.17) is 14.5 Å². The summed E-state index contributed by atoms with van der Waals surface area (Å²) in [6.07, 6.45) is 6.55. The van der Waals surface area contributed by atoms with Crippen molar-refractivity contribution in [3.63, 3.8) is 0 Å². The van der Waals surface area contributed by atoms with Crippen LogP contribution in [-0.2, 0) is 9.78 Å². The van der Waals surface area contributed by atoms with Crippen LogP contribution in [0.25, 0.3) is 0 Å². The summed E-state index contributed by atoms with van der Waals surface area (Å²) in [6.45, 7) is 0. The monoisotopic (exact) mass is 284 g/mol. The molecule has 5 fully saturated rings. The lowest BCUT2D eigenvalue weighted by molar-refractivity contribution is -0.423. The van der Waals surface area contributed by atoms with E-state index in [1.54, 1.807) is 0 Å². The molecule has 5 aliphatic rings. The Kier molecular flexibility index (Phi) is 2.60. The molecule has 0 amide bonds. The Labute approximate surface area is 124 Å². The maximum absolute atomic E-state index is 5.91. The van der Waals surface area contributed by atoms with Crippen molar-refractivity contribution in [2.75, 3.05) is 0 Å². The van der Waals surface area contributed by atoms with Crippen molar-refractivity contribution in [2.24, 2.45) is 23.7 Å². The van der Waals surface area contributed by atoms with Gasteiger partial charge in [0.15, 0.2) is 0 Å². The van der Waals surface area contributed by atoms with Crippen LogP contribution in [0.1, 0.15) is 32.1 Å². The summed E-state index contributed by atoms with van der Waals surface area (Å²) in [5.41, 5.74) is 1.52. The predicted octanol–water partition coefficient (Wildman–Crippen LogP) is 4.06. The molecule has 1 saturated heterocycles. The van der Waals surface area contributed by atoms with Gasteiger partial charge < -0.3 is 9.62 Å². The Morgan fingerprint density at radius 3 is 2.10 bits per heavy atom. The second-order valence-electron chi connectivity index (χ2n) is 7.07. The van der Waals surface area contributed by atoms with E-state index in [0.29, 0.717) is 0 Å². The smallest absolute Gasteiger partial charge is 0.303 e. The van der Waals surface area contributed by atoms with Crippen LogP contribution in [-0.4, -0.2) is 6.29 Å². The van der Waals surface area contributed by atoms with Crippen molar-refractivity contribution >= 4 is 0 Å². The average Bonchev–Trinajstić information content (AvgIpc) is 2.47. The maximum atomic E-state index is 5.91. The van der Waals surface area contributed by atoms with E-state index < -0.39 is 0 Å². The largest absolute Gasteiger partial charge is 0.454 e. The zero-order chi connectivity index (χ0) is 13.8. The minimum Gasteiger partial charge on any atom is -0.454 e. The van der Waals surface area contributed by atoms with E-state index >= 15 is 0 Å². The van der Waals surface area contributed by atoms with Gasteiger partial charge in [-0.2, -0.15) is 0 Å². The highest BCUT2D eigenvalue weighted by atomic mass is 17.3. The fourth-order valence-corrected chi connectivity index (χ4v) is 5.11. The molecule has 0 radical (unpaired) electrons. The van der Waals surface area contributed by atoms with Crippen LogP contribution in [0.2, 0.25) is 0 Å². The van der Waals surface area contributed by atoms with Gasteiger partial charge in [-0.1, -0.05) is 18.2 Å². The third-order valence-corrected chi connectivity index (χ3v) is 5.73. The van der Waals surface area contributed by atoms with Crippen molar-refractivity contribution in [1.29, 1.82) is 0 Å². The second kappa shape index (κ2) is 4.51. The van der Waals surface area contributed by atoms with Gasteiger partial charge in [0.05, 0.1) is 0 Å². The minimum absolute atomic E-state index is 0.333. The highest BCUT2D eigenvalue weighted by Crippen LogP contribution is 2.58. The molecule has 4 bridgehead atoms. The van der Waals surface area contributed by atoms with Crippen molar-refractivity contribution in [2.45, 2.75) is 38.4 Å². The van der Waals surface area contributed by atoms with Crippen molar-refractivity contribution in [3.8, 4) is 5.75 Å². The fourth-order valence-electron chi connectivity index (χ4n) is 5.11. The van der Waals surface area contributed by atoms with Gasteiger partial charge in [0.25, 0.3) is 0 Å². The van der Waals surface area contributed by atoms with Crippen LogP contribution in [0, 0.1) is 23.7 Å². The second-order valence-corrected chi connectivity index (χ2v) is 7.07. The van der Waals surface area contributed by atoms with Gasteiger partial charge in [-0.05, 0) is 73.5 Å². The summed E-state index contributed by atoms with van der Waals surface area (Å²) in [6, 6.07) is 9.86. The number of rotatable bonds is 2. The summed E-state index contributed by atoms with van der Waals surface area (Å²) in [4.78, 5) is 10.6. The van der Waals surface area contributed by atoms with Gasteiger partial charge in [-0.25, -0.2) is 0 Å². The lowest BCUT2D eigenvalue weighted by Crippen LogP contribution is -2.45. The van der Waals surface area contributed by atoms with Crippen molar-refractivity contribution < 1.29 is 14.5 Å². The highest BCUT2D eigenvalue weighted by Gasteiger charge is 2.50. The molecule has 4 saturated carbocycles. The summed E-state index contributed by atoms with van der Waals surface area (Å²) in [5, 5.41) is 0. The number of ether oxygens (including phenoxy) is 1. The lowest BCUT2D eigenvalue weighted by atomic mass is 9.54. The Morgan fingerprint density at radius 2 is 1.52 bits per heavy atom. The van der Waals surface area contributed by atoms with E-state index in [2.05, 4.69) is 0 Å². The van der Waals surface area contributed by atoms with Crippen LogP contribution >= 0.6 is 0 Å². The summed E-state index contributed by atoms with van der Waals surface area (Å²) in [7, 11) is 0. The molecule has 6 rings (SSSR count). The lowest BCUT2D eigenvalue weighted by Gasteiger charge is -2.52. The molecule has 1 unspecified atom stereocenters. The van der Waals surface area contributed by atoms with Crippen LogP contribution in [0.15, 0.2) is 41.7 Å². The Morgan fingerprint density at radius 1 is 0.857 bits per heavy atom. The van der Waals surface area contributed by atoms with Gasteiger partial charge in [0.2, 0.25) is 5.76 Å². The molecule has 3 nitrogen and oxygen atoms in total. The molecule has 0 spiro atoms. The first kappa shape index (κ1) is 12.1. The van der Waals surface area contributed by atoms with E-state index in [9.17, 15) is 0 Å². The molecule has 1 aromatic rings. The van der Waals surface area contributed by atoms with E-state index in [1.165, 1.54) is 37.7 Å². The topological polar surface area (TPSA) is 27.7 Å². The molecule has 1 heterocycles. The summed E-state index contributed by atoms with van der Waals surface area (Å²) >= 11 is 0. The molecule has 1 aliphatic heterocycles. The molecular formula is C18H20O3. The first-order chi connectivity index (χ1) is 10.4. The zero-order valence-corrected chi connectivity index (χ0v) is 12.0. The molecule has 0 N–H and O–H groups in total. The predicted molar refractivity (Wildman–Crippen MR) is 77.1 cm³/mol. The highest BCUT2D eigenvalue weighted by molar-refractivity contribution is 5.28. The van der Waals surface area contributed by atoms with Crippen LogP contribution < -0.4 is 4.74 Å². The van der Waals surface area contributed by atoms with Gasteiger partial charge in [-0.3, -0.25) is 0 Å². The molecule has 1 aromatic carbocycles. The standard InChI is InChI=1S/C18H20O3/c1-2-4-15(5-3-1)19-18-17(20-21-18)16-13-7-11-6-12(9-13)10-14(16)8-11/h1-5,11-14,18H,6-10H2. The van der Waals surface area contributed by atoms with Crippen molar-refractivity contribution in [1.82, 2.24) is 0 Å². The summed E-state index contributed by atoms with van der Waals surface area (Å²) < 4.78 is 5.91. The Hall–Kier alpha value is -1.48. The SMILES string of the molecule is c1ccc(OC2OOC2=C2C3CC4CC(C3)CC2C4)cc1.